The Hall–Kier alpha value is 1.42. The van der Waals surface area contributed by atoms with Gasteiger partial charge in [0.05, 0.1) is 12.2 Å². The highest BCUT2D eigenvalue weighted by atomic mass is 32.3. The van der Waals surface area contributed by atoms with Gasteiger partial charge in [-0.3, -0.25) is 4.79 Å². The van der Waals surface area contributed by atoms with Gasteiger partial charge >= 0.3 is 0 Å². The van der Waals surface area contributed by atoms with Gasteiger partial charge in [-0.2, -0.15) is 0 Å². The molecule has 0 N–H and O–H groups in total. The molecule has 3 heterocycles. The van der Waals surface area contributed by atoms with Crippen LogP contribution < -0.4 is 0 Å². The van der Waals surface area contributed by atoms with Gasteiger partial charge in [0.25, 0.3) is 0 Å². The molecular weight excluding hydrogens is 320 g/mol. The molecule has 3 aliphatic heterocycles. The third-order valence-electron chi connectivity index (χ3n) is 3.56. The lowest BCUT2D eigenvalue weighted by Gasteiger charge is -2.51. The smallest absolute Gasteiger partial charge is 0.185 e. The molecule has 0 amide bonds. The lowest BCUT2D eigenvalue weighted by atomic mass is 10.2. The lowest BCUT2D eigenvalue weighted by Crippen LogP contribution is -2.48. The van der Waals surface area contributed by atoms with Crippen LogP contribution in [0.5, 0.6) is 0 Å². The van der Waals surface area contributed by atoms with Crippen LogP contribution in [0.3, 0.4) is 0 Å². The topological polar surface area (TPSA) is 17.1 Å². The predicted molar refractivity (Wildman–Crippen MR) is 90.9 cm³/mol. The molecule has 0 aromatic heterocycles. The first-order valence-electron chi connectivity index (χ1n) is 6.13. The van der Waals surface area contributed by atoms with Crippen LogP contribution in [0.15, 0.2) is 0 Å². The number of carbonyl (C=O) groups excluding carboxylic acids is 1. The minimum Gasteiger partial charge on any atom is -0.288 e. The normalized spacial score (nSPS) is 53.8. The van der Waals surface area contributed by atoms with Crippen molar-refractivity contribution >= 4 is 63.9 Å². The molecule has 0 saturated carbocycles. The minimum atomic E-state index is 0.259. The van der Waals surface area contributed by atoms with Crippen LogP contribution >= 0.6 is 58.8 Å². The van der Waals surface area contributed by atoms with Crippen molar-refractivity contribution in [2.75, 3.05) is 5.75 Å². The number of rotatable bonds is 2. The monoisotopic (exact) mass is 338 g/mol. The molecule has 0 radical (unpaired) electrons. The summed E-state index contributed by atoms with van der Waals surface area (Å²) in [6.45, 7) is 8.94. The Balaban J connectivity index is 1.86. The first-order chi connectivity index (χ1) is 8.24. The molecule has 3 rings (SSSR count). The number of thioether (sulfide) groups is 5. The maximum Gasteiger partial charge on any atom is 0.185 e. The van der Waals surface area contributed by atoms with E-state index in [0.717, 1.165) is 5.75 Å². The summed E-state index contributed by atoms with van der Waals surface area (Å²) >= 11 is 10.2. The predicted octanol–water partition coefficient (Wildman–Crippen LogP) is 4.52. The van der Waals surface area contributed by atoms with Crippen LogP contribution in [0, 0.1) is 0 Å². The van der Waals surface area contributed by atoms with Gasteiger partial charge in [0.15, 0.2) is 5.12 Å². The van der Waals surface area contributed by atoms with Gasteiger partial charge in [-0.25, -0.2) is 0 Å². The molecule has 0 spiro atoms. The van der Waals surface area contributed by atoms with Crippen molar-refractivity contribution in [3.63, 3.8) is 0 Å². The molecule has 3 aliphatic rings. The summed E-state index contributed by atoms with van der Waals surface area (Å²) in [5.41, 5.74) is 0. The van der Waals surface area contributed by atoms with E-state index < -0.39 is 0 Å². The Morgan fingerprint density at radius 1 is 1.22 bits per heavy atom. The SMILES string of the molecule is CC(=O)SCC1SC2(C)CC3(C)SC1C(C)(S2)S3. The second-order valence-corrected chi connectivity index (χ2v) is 14.9. The van der Waals surface area contributed by atoms with Gasteiger partial charge in [0, 0.05) is 23.2 Å². The molecule has 0 aliphatic carbocycles. The highest BCUT2D eigenvalue weighted by Crippen LogP contribution is 2.78. The van der Waals surface area contributed by atoms with Crippen molar-refractivity contribution in [2.45, 2.75) is 56.9 Å². The molecule has 6 heteroatoms. The van der Waals surface area contributed by atoms with E-state index in [-0.39, 0.29) is 5.12 Å². The summed E-state index contributed by atoms with van der Waals surface area (Å²) < 4.78 is 1.08. The van der Waals surface area contributed by atoms with Crippen molar-refractivity contribution in [3.05, 3.63) is 0 Å². The molecule has 3 saturated heterocycles. The zero-order chi connectivity index (χ0) is 13.2. The molecule has 5 atom stereocenters. The quantitative estimate of drug-likeness (QED) is 0.731. The summed E-state index contributed by atoms with van der Waals surface area (Å²) in [5.74, 6) is 0.986. The minimum absolute atomic E-state index is 0.259. The average molecular weight is 339 g/mol. The maximum atomic E-state index is 11.2. The van der Waals surface area contributed by atoms with Crippen LogP contribution in [-0.2, 0) is 4.79 Å². The molecule has 18 heavy (non-hydrogen) atoms. The number of hydrogen-bond donors (Lipinski definition) is 0. The van der Waals surface area contributed by atoms with Crippen molar-refractivity contribution < 1.29 is 4.79 Å². The summed E-state index contributed by atoms with van der Waals surface area (Å²) in [5, 5.41) is 1.57. The van der Waals surface area contributed by atoms with Crippen molar-refractivity contribution in [1.29, 1.82) is 0 Å². The fourth-order valence-corrected chi connectivity index (χ4v) is 15.4. The third-order valence-corrected chi connectivity index (χ3v) is 12.3. The van der Waals surface area contributed by atoms with Gasteiger partial charge in [0.2, 0.25) is 0 Å². The van der Waals surface area contributed by atoms with Crippen LogP contribution in [0.2, 0.25) is 0 Å². The Morgan fingerprint density at radius 3 is 2.44 bits per heavy atom. The number of hydrogen-bond acceptors (Lipinski definition) is 6. The Labute approximate surface area is 131 Å². The second-order valence-electron chi connectivity index (χ2n) is 5.66. The van der Waals surface area contributed by atoms with E-state index >= 15 is 0 Å². The maximum absolute atomic E-state index is 11.2. The summed E-state index contributed by atoms with van der Waals surface area (Å²) in [6.07, 6.45) is 1.28. The number of fused-ring (bicyclic) bond motifs is 2. The second kappa shape index (κ2) is 4.46. The summed E-state index contributed by atoms with van der Waals surface area (Å²) in [7, 11) is 0. The van der Waals surface area contributed by atoms with Gasteiger partial charge in [-0.15, -0.1) is 47.0 Å². The molecule has 3 fully saturated rings. The molecule has 0 aromatic rings. The van der Waals surface area contributed by atoms with Gasteiger partial charge in [-0.1, -0.05) is 11.8 Å². The number of carbonyl (C=O) groups is 1. The highest BCUT2D eigenvalue weighted by molar-refractivity contribution is 8.35. The molecule has 0 aromatic carbocycles. The summed E-state index contributed by atoms with van der Waals surface area (Å²) in [4.78, 5) is 11.2. The zero-order valence-corrected chi connectivity index (χ0v) is 15.1. The van der Waals surface area contributed by atoms with Gasteiger partial charge in [-0.05, 0) is 27.2 Å². The molecular formula is C12H18OS5. The fraction of sp³-hybridized carbons (Fsp3) is 0.917. The Bertz CT molecular complexity index is 398. The fourth-order valence-electron chi connectivity index (χ4n) is 3.27. The molecule has 102 valence electrons. The van der Waals surface area contributed by atoms with Crippen molar-refractivity contribution in [2.24, 2.45) is 0 Å². The van der Waals surface area contributed by atoms with Crippen molar-refractivity contribution in [1.82, 2.24) is 0 Å². The van der Waals surface area contributed by atoms with Gasteiger partial charge < -0.3 is 0 Å². The molecule has 3 bridgehead atoms. The van der Waals surface area contributed by atoms with Crippen LogP contribution in [0.1, 0.15) is 34.1 Å². The van der Waals surface area contributed by atoms with Gasteiger partial charge in [0.1, 0.15) is 0 Å². The highest BCUT2D eigenvalue weighted by Gasteiger charge is 2.66. The van der Waals surface area contributed by atoms with Crippen LogP contribution in [0.25, 0.3) is 0 Å². The first-order valence-corrected chi connectivity index (χ1v) is 10.5. The standard InChI is InChI=1S/C12H18OS5/c1-7(13)14-5-8-9-12(4)17-10(2,15-8)6-11(3,16-9)18-12/h8-9H,5-6H2,1-4H3. The Kier molecular flexibility index (Phi) is 3.55. The largest absolute Gasteiger partial charge is 0.288 e. The third kappa shape index (κ3) is 2.38. The lowest BCUT2D eigenvalue weighted by molar-refractivity contribution is -0.109. The van der Waals surface area contributed by atoms with E-state index in [1.54, 1.807) is 6.92 Å². The van der Waals surface area contributed by atoms with Crippen LogP contribution in [0.4, 0.5) is 0 Å². The van der Waals surface area contributed by atoms with Crippen molar-refractivity contribution in [3.8, 4) is 0 Å². The molecule has 1 nitrogen and oxygen atoms in total. The van der Waals surface area contributed by atoms with E-state index in [9.17, 15) is 4.79 Å². The Morgan fingerprint density at radius 2 is 1.83 bits per heavy atom. The summed E-state index contributed by atoms with van der Waals surface area (Å²) in [6, 6.07) is 0. The zero-order valence-electron chi connectivity index (χ0n) is 11.0. The van der Waals surface area contributed by atoms with E-state index in [4.69, 9.17) is 0 Å². The van der Waals surface area contributed by atoms with E-state index in [0.29, 0.717) is 22.7 Å². The first kappa shape index (κ1) is 14.4. The average Bonchev–Trinajstić information content (AvgIpc) is 2.31. The molecule has 5 unspecified atom stereocenters. The van der Waals surface area contributed by atoms with E-state index in [2.05, 4.69) is 67.8 Å². The van der Waals surface area contributed by atoms with E-state index in [1.165, 1.54) is 18.2 Å². The van der Waals surface area contributed by atoms with E-state index in [1.807, 2.05) is 0 Å². The van der Waals surface area contributed by atoms with Crippen LogP contribution in [-0.4, -0.2) is 33.6 Å².